The number of thiophene rings is 1. The fourth-order valence-corrected chi connectivity index (χ4v) is 3.47. The van der Waals surface area contributed by atoms with E-state index >= 15 is 0 Å². The van der Waals surface area contributed by atoms with E-state index < -0.39 is 5.91 Å². The van der Waals surface area contributed by atoms with Crippen molar-refractivity contribution in [1.29, 1.82) is 0 Å². The van der Waals surface area contributed by atoms with Crippen molar-refractivity contribution in [3.63, 3.8) is 0 Å². The van der Waals surface area contributed by atoms with Gasteiger partial charge in [-0.15, -0.1) is 11.3 Å². The molecule has 18 heavy (non-hydrogen) atoms. The van der Waals surface area contributed by atoms with Gasteiger partial charge in [-0.05, 0) is 37.3 Å². The third-order valence-corrected chi connectivity index (χ3v) is 4.60. The monoisotopic (exact) mass is 261 g/mol. The third-order valence-electron chi connectivity index (χ3n) is 3.47. The Morgan fingerprint density at radius 2 is 2.06 bits per heavy atom. The zero-order chi connectivity index (χ0) is 12.7. The SMILES string of the molecule is NC(=O)c1sc2nc3c(cc2c1N)CCCCC3. The number of nitrogens with zero attached hydrogens (tertiary/aromatic N) is 1. The molecule has 0 bridgehead atoms. The van der Waals surface area contributed by atoms with Crippen LogP contribution in [0.1, 0.15) is 40.2 Å². The normalized spacial score (nSPS) is 15.3. The molecule has 0 saturated carbocycles. The number of carbonyl (C=O) groups is 1. The van der Waals surface area contributed by atoms with Gasteiger partial charge in [0, 0.05) is 11.1 Å². The number of hydrogen-bond donors (Lipinski definition) is 2. The summed E-state index contributed by atoms with van der Waals surface area (Å²) in [7, 11) is 0. The Bertz CT molecular complexity index is 633. The van der Waals surface area contributed by atoms with Crippen LogP contribution in [0, 0.1) is 0 Å². The maximum Gasteiger partial charge on any atom is 0.260 e. The van der Waals surface area contributed by atoms with Crippen LogP contribution in [0.5, 0.6) is 0 Å². The minimum absolute atomic E-state index is 0.428. The largest absolute Gasteiger partial charge is 0.397 e. The van der Waals surface area contributed by atoms with Crippen molar-refractivity contribution in [2.45, 2.75) is 32.1 Å². The van der Waals surface area contributed by atoms with Gasteiger partial charge in [-0.25, -0.2) is 4.98 Å². The van der Waals surface area contributed by atoms with Gasteiger partial charge in [0.25, 0.3) is 5.91 Å². The molecule has 1 amide bonds. The van der Waals surface area contributed by atoms with Crippen molar-refractivity contribution in [3.05, 3.63) is 22.2 Å². The predicted octanol–water partition coefficient (Wildman–Crippen LogP) is 2.25. The Hall–Kier alpha value is -1.62. The number of hydrogen-bond acceptors (Lipinski definition) is 4. The van der Waals surface area contributed by atoms with E-state index in [2.05, 4.69) is 11.1 Å². The molecule has 5 heteroatoms. The first-order valence-electron chi connectivity index (χ1n) is 6.17. The molecule has 0 fully saturated rings. The van der Waals surface area contributed by atoms with E-state index in [1.165, 1.54) is 36.2 Å². The molecule has 2 aromatic heterocycles. The molecule has 2 aromatic rings. The van der Waals surface area contributed by atoms with Crippen molar-refractivity contribution in [3.8, 4) is 0 Å². The second-order valence-electron chi connectivity index (χ2n) is 4.72. The van der Waals surface area contributed by atoms with E-state index in [4.69, 9.17) is 11.5 Å². The summed E-state index contributed by atoms with van der Waals surface area (Å²) in [6.07, 6.45) is 5.72. The highest BCUT2D eigenvalue weighted by Gasteiger charge is 2.18. The third kappa shape index (κ3) is 1.75. The summed E-state index contributed by atoms with van der Waals surface area (Å²) in [5.41, 5.74) is 14.2. The lowest BCUT2D eigenvalue weighted by atomic mass is 10.1. The number of nitrogen functional groups attached to an aromatic ring is 1. The molecule has 0 saturated heterocycles. The molecule has 2 heterocycles. The van der Waals surface area contributed by atoms with E-state index in [0.29, 0.717) is 10.6 Å². The Morgan fingerprint density at radius 1 is 1.28 bits per heavy atom. The molecule has 0 aromatic carbocycles. The van der Waals surface area contributed by atoms with E-state index in [0.717, 1.165) is 28.8 Å². The fraction of sp³-hybridized carbons (Fsp3) is 0.385. The Labute approximate surface area is 109 Å². The lowest BCUT2D eigenvalue weighted by Gasteiger charge is -2.04. The van der Waals surface area contributed by atoms with Crippen LogP contribution in [-0.4, -0.2) is 10.9 Å². The van der Waals surface area contributed by atoms with Gasteiger partial charge in [-0.1, -0.05) is 6.42 Å². The van der Waals surface area contributed by atoms with Crippen molar-refractivity contribution in [2.24, 2.45) is 5.73 Å². The van der Waals surface area contributed by atoms with Crippen molar-refractivity contribution < 1.29 is 4.79 Å². The Balaban J connectivity index is 2.22. The minimum Gasteiger partial charge on any atom is -0.397 e. The molecule has 0 unspecified atom stereocenters. The molecule has 4 nitrogen and oxygen atoms in total. The second-order valence-corrected chi connectivity index (χ2v) is 5.72. The quantitative estimate of drug-likeness (QED) is 0.772. The molecule has 94 valence electrons. The first kappa shape index (κ1) is 11.5. The number of rotatable bonds is 1. The summed E-state index contributed by atoms with van der Waals surface area (Å²) in [4.78, 5) is 17.2. The summed E-state index contributed by atoms with van der Waals surface area (Å²) < 4.78 is 0. The molecular weight excluding hydrogens is 246 g/mol. The second kappa shape index (κ2) is 4.24. The molecule has 0 atom stereocenters. The van der Waals surface area contributed by atoms with Gasteiger partial charge >= 0.3 is 0 Å². The molecular formula is C13H15N3OS. The van der Waals surface area contributed by atoms with Crippen LogP contribution >= 0.6 is 11.3 Å². The standard InChI is InChI=1S/C13H15N3OS/c14-10-8-6-7-4-2-1-3-5-9(7)16-13(8)18-11(10)12(15)17/h6H,1-5,14H2,(H2,15,17). The lowest BCUT2D eigenvalue weighted by Crippen LogP contribution is -2.10. The number of pyridine rings is 1. The topological polar surface area (TPSA) is 82.0 Å². The van der Waals surface area contributed by atoms with Gasteiger partial charge in [0.2, 0.25) is 0 Å². The molecule has 1 aliphatic carbocycles. The van der Waals surface area contributed by atoms with Gasteiger partial charge < -0.3 is 11.5 Å². The molecule has 1 aliphatic rings. The average molecular weight is 261 g/mol. The summed E-state index contributed by atoms with van der Waals surface area (Å²) in [6, 6.07) is 2.10. The van der Waals surface area contributed by atoms with Crippen LogP contribution in [0.25, 0.3) is 10.2 Å². The number of aromatic nitrogens is 1. The van der Waals surface area contributed by atoms with Gasteiger partial charge in [0.1, 0.15) is 9.71 Å². The highest BCUT2D eigenvalue weighted by molar-refractivity contribution is 7.21. The van der Waals surface area contributed by atoms with E-state index in [-0.39, 0.29) is 0 Å². The van der Waals surface area contributed by atoms with Crippen molar-refractivity contribution >= 4 is 33.1 Å². The van der Waals surface area contributed by atoms with Crippen LogP contribution in [0.2, 0.25) is 0 Å². The van der Waals surface area contributed by atoms with E-state index in [9.17, 15) is 4.79 Å². The van der Waals surface area contributed by atoms with Crippen LogP contribution < -0.4 is 11.5 Å². The highest BCUT2D eigenvalue weighted by atomic mass is 32.1. The number of aryl methyl sites for hydroxylation is 2. The number of anilines is 1. The molecule has 0 radical (unpaired) electrons. The molecule has 0 spiro atoms. The lowest BCUT2D eigenvalue weighted by molar-refractivity contribution is 0.100. The summed E-state index contributed by atoms with van der Waals surface area (Å²) in [5.74, 6) is -0.467. The van der Waals surface area contributed by atoms with Crippen LogP contribution in [0.4, 0.5) is 5.69 Å². The Morgan fingerprint density at radius 3 is 2.83 bits per heavy atom. The fourth-order valence-electron chi connectivity index (χ4n) is 2.52. The van der Waals surface area contributed by atoms with Gasteiger partial charge in [0.05, 0.1) is 5.69 Å². The summed E-state index contributed by atoms with van der Waals surface area (Å²) >= 11 is 1.30. The Kier molecular flexibility index (Phi) is 2.70. The van der Waals surface area contributed by atoms with E-state index in [1.54, 1.807) is 0 Å². The number of carbonyl (C=O) groups excluding carboxylic acids is 1. The number of primary amides is 1. The average Bonchev–Trinajstić information content (AvgIpc) is 2.53. The number of amides is 1. The van der Waals surface area contributed by atoms with Crippen LogP contribution in [-0.2, 0) is 12.8 Å². The molecule has 4 N–H and O–H groups in total. The minimum atomic E-state index is -0.467. The molecule has 0 aliphatic heterocycles. The van der Waals surface area contributed by atoms with Crippen LogP contribution in [0.15, 0.2) is 6.07 Å². The molecule has 3 rings (SSSR count). The van der Waals surface area contributed by atoms with Crippen molar-refractivity contribution in [1.82, 2.24) is 4.98 Å². The van der Waals surface area contributed by atoms with E-state index in [1.807, 2.05) is 0 Å². The zero-order valence-electron chi connectivity index (χ0n) is 10.0. The summed E-state index contributed by atoms with van der Waals surface area (Å²) in [5, 5.41) is 0.884. The zero-order valence-corrected chi connectivity index (χ0v) is 10.8. The van der Waals surface area contributed by atoms with Crippen molar-refractivity contribution in [2.75, 3.05) is 5.73 Å². The summed E-state index contributed by atoms with van der Waals surface area (Å²) in [6.45, 7) is 0. The smallest absolute Gasteiger partial charge is 0.260 e. The number of nitrogens with two attached hydrogens (primary N) is 2. The maximum atomic E-state index is 11.3. The highest BCUT2D eigenvalue weighted by Crippen LogP contribution is 2.34. The maximum absolute atomic E-state index is 11.3. The van der Waals surface area contributed by atoms with Gasteiger partial charge in [-0.2, -0.15) is 0 Å². The first-order chi connectivity index (χ1) is 8.66. The first-order valence-corrected chi connectivity index (χ1v) is 6.99. The van der Waals surface area contributed by atoms with Crippen LogP contribution in [0.3, 0.4) is 0 Å². The van der Waals surface area contributed by atoms with Gasteiger partial charge in [0.15, 0.2) is 0 Å². The van der Waals surface area contributed by atoms with Gasteiger partial charge in [-0.3, -0.25) is 4.79 Å². The predicted molar refractivity (Wildman–Crippen MR) is 73.8 cm³/mol. The number of fused-ring (bicyclic) bond motifs is 2.